The van der Waals surface area contributed by atoms with Gasteiger partial charge in [-0.2, -0.15) is 0 Å². The first-order valence-corrected chi connectivity index (χ1v) is 11.7. The van der Waals surface area contributed by atoms with Crippen LogP contribution in [-0.4, -0.2) is 78.2 Å². The topological polar surface area (TPSA) is 73.0 Å². The highest BCUT2D eigenvalue weighted by Crippen LogP contribution is 2.32. The number of nitrogens with one attached hydrogen (secondary N) is 1. The number of carbonyl (C=O) groups is 3. The average molecular weight is 427 g/mol. The molecule has 0 bridgehead atoms. The number of piperidine rings is 1. The molecule has 3 fully saturated rings. The molecule has 31 heavy (non-hydrogen) atoms. The number of carbonyl (C=O) groups excluding carboxylic acids is 3. The van der Waals surface area contributed by atoms with Crippen LogP contribution in [0.25, 0.3) is 0 Å². The first kappa shape index (κ1) is 21.8. The van der Waals surface area contributed by atoms with E-state index < -0.39 is 0 Å². The van der Waals surface area contributed by atoms with Crippen LogP contribution in [0.1, 0.15) is 37.7 Å². The predicted octanol–water partition coefficient (Wildman–Crippen LogP) is 1.49. The van der Waals surface area contributed by atoms with E-state index in [2.05, 4.69) is 17.4 Å². The highest BCUT2D eigenvalue weighted by molar-refractivity contribution is 5.82. The first-order valence-electron chi connectivity index (χ1n) is 11.7. The Morgan fingerprint density at radius 2 is 1.74 bits per heavy atom. The lowest BCUT2D eigenvalue weighted by Crippen LogP contribution is -2.52. The summed E-state index contributed by atoms with van der Waals surface area (Å²) in [6, 6.07) is 10.2. The second-order valence-corrected chi connectivity index (χ2v) is 9.13. The number of likely N-dealkylation sites (tertiary alicyclic amines) is 2. The van der Waals surface area contributed by atoms with Crippen LogP contribution < -0.4 is 5.32 Å². The molecular formula is C24H34N4O3. The summed E-state index contributed by atoms with van der Waals surface area (Å²) >= 11 is 0. The Labute approximate surface area is 184 Å². The highest BCUT2D eigenvalue weighted by Gasteiger charge is 2.36. The molecule has 1 aromatic rings. The highest BCUT2D eigenvalue weighted by atomic mass is 16.2. The van der Waals surface area contributed by atoms with Crippen molar-refractivity contribution in [2.45, 2.75) is 38.6 Å². The number of hydrogen-bond donors (Lipinski definition) is 1. The maximum atomic E-state index is 13.4. The molecule has 1 N–H and O–H groups in total. The number of amides is 3. The Morgan fingerprint density at radius 1 is 0.968 bits per heavy atom. The van der Waals surface area contributed by atoms with Gasteiger partial charge in [0.25, 0.3) is 0 Å². The van der Waals surface area contributed by atoms with E-state index >= 15 is 0 Å². The molecule has 0 spiro atoms. The summed E-state index contributed by atoms with van der Waals surface area (Å²) < 4.78 is 0. The molecule has 0 unspecified atom stereocenters. The molecule has 7 nitrogen and oxygen atoms in total. The monoisotopic (exact) mass is 426 g/mol. The third-order valence-corrected chi connectivity index (χ3v) is 6.98. The first-order chi connectivity index (χ1) is 15.1. The van der Waals surface area contributed by atoms with E-state index in [-0.39, 0.29) is 17.7 Å². The van der Waals surface area contributed by atoms with Gasteiger partial charge < -0.3 is 15.1 Å². The fraction of sp³-hybridized carbons (Fsp3) is 0.625. The summed E-state index contributed by atoms with van der Waals surface area (Å²) in [5, 5.41) is 2.79. The van der Waals surface area contributed by atoms with E-state index in [1.165, 1.54) is 5.56 Å². The zero-order chi connectivity index (χ0) is 21.6. The number of hydrogen-bond acceptors (Lipinski definition) is 4. The smallest absolute Gasteiger partial charge is 0.236 e. The van der Waals surface area contributed by atoms with Gasteiger partial charge in [0.15, 0.2) is 0 Å². The zero-order valence-corrected chi connectivity index (χ0v) is 18.3. The Kier molecular flexibility index (Phi) is 7.22. The average Bonchev–Trinajstić information content (AvgIpc) is 2.96. The standard InChI is InChI=1S/C24H34N4O3/c29-22-17-26(15-11-25-22)18-23(30)27-13-9-20(10-14-27)21-8-4-5-12-28(24(21)31)16-19-6-2-1-3-7-19/h1-3,6-7,20-21H,4-5,8-18H2,(H,25,29)/t21-/m0/s1. The number of nitrogens with zero attached hydrogens (tertiary/aromatic N) is 3. The molecule has 1 aromatic carbocycles. The van der Waals surface area contributed by atoms with E-state index in [0.717, 1.165) is 45.2 Å². The molecule has 3 aliphatic heterocycles. The molecule has 168 valence electrons. The molecule has 7 heteroatoms. The summed E-state index contributed by atoms with van der Waals surface area (Å²) in [4.78, 5) is 43.5. The molecule has 0 aliphatic carbocycles. The summed E-state index contributed by atoms with van der Waals surface area (Å²) in [6.07, 6.45) is 4.91. The van der Waals surface area contributed by atoms with Gasteiger partial charge in [-0.1, -0.05) is 36.8 Å². The van der Waals surface area contributed by atoms with Crippen LogP contribution in [0, 0.1) is 11.8 Å². The number of benzene rings is 1. The lowest BCUT2D eigenvalue weighted by Gasteiger charge is -2.37. The minimum Gasteiger partial charge on any atom is -0.354 e. The summed E-state index contributed by atoms with van der Waals surface area (Å²) in [6.45, 7) is 4.90. The van der Waals surface area contributed by atoms with Gasteiger partial charge >= 0.3 is 0 Å². The quantitative estimate of drug-likeness (QED) is 0.774. The van der Waals surface area contributed by atoms with Crippen molar-refractivity contribution >= 4 is 17.7 Å². The molecule has 3 aliphatic rings. The Bertz CT molecular complexity index is 776. The van der Waals surface area contributed by atoms with Crippen LogP contribution >= 0.6 is 0 Å². The Balaban J connectivity index is 1.30. The van der Waals surface area contributed by atoms with Crippen molar-refractivity contribution in [1.29, 1.82) is 0 Å². The van der Waals surface area contributed by atoms with Crippen molar-refractivity contribution < 1.29 is 14.4 Å². The lowest BCUT2D eigenvalue weighted by atomic mass is 9.81. The minimum atomic E-state index is -0.00955. The van der Waals surface area contributed by atoms with Gasteiger partial charge in [0.1, 0.15) is 0 Å². The molecule has 0 aromatic heterocycles. The van der Waals surface area contributed by atoms with Crippen LogP contribution in [0.15, 0.2) is 30.3 Å². The maximum absolute atomic E-state index is 13.4. The predicted molar refractivity (Wildman–Crippen MR) is 118 cm³/mol. The van der Waals surface area contributed by atoms with Crippen LogP contribution in [0.2, 0.25) is 0 Å². The van der Waals surface area contributed by atoms with Gasteiger partial charge in [-0.25, -0.2) is 0 Å². The number of piperazine rings is 1. The molecular weight excluding hydrogens is 392 g/mol. The third kappa shape index (κ3) is 5.64. The van der Waals surface area contributed by atoms with Gasteiger partial charge in [-0.05, 0) is 37.2 Å². The van der Waals surface area contributed by atoms with E-state index in [0.29, 0.717) is 51.1 Å². The van der Waals surface area contributed by atoms with E-state index in [9.17, 15) is 14.4 Å². The second kappa shape index (κ2) is 10.3. The van der Waals surface area contributed by atoms with Gasteiger partial charge in [0, 0.05) is 45.2 Å². The van der Waals surface area contributed by atoms with E-state index in [4.69, 9.17) is 0 Å². The van der Waals surface area contributed by atoms with Crippen molar-refractivity contribution in [2.75, 3.05) is 45.8 Å². The minimum absolute atomic E-state index is 0.00955. The molecule has 0 radical (unpaired) electrons. The maximum Gasteiger partial charge on any atom is 0.236 e. The molecule has 4 rings (SSSR count). The van der Waals surface area contributed by atoms with Gasteiger partial charge in [0.2, 0.25) is 17.7 Å². The summed E-state index contributed by atoms with van der Waals surface area (Å²) in [5.41, 5.74) is 1.18. The molecule has 3 saturated heterocycles. The van der Waals surface area contributed by atoms with Crippen molar-refractivity contribution in [1.82, 2.24) is 20.0 Å². The summed E-state index contributed by atoms with van der Waals surface area (Å²) in [7, 11) is 0. The van der Waals surface area contributed by atoms with E-state index in [1.807, 2.05) is 32.9 Å². The SMILES string of the molecule is O=C1CN(CC(=O)N2CCC([C@@H]3CCCCN(Cc4ccccc4)C3=O)CC2)CCN1. The molecule has 3 amide bonds. The van der Waals surface area contributed by atoms with Crippen molar-refractivity contribution in [3.8, 4) is 0 Å². The lowest BCUT2D eigenvalue weighted by molar-refractivity contribution is -0.139. The van der Waals surface area contributed by atoms with Crippen molar-refractivity contribution in [3.05, 3.63) is 35.9 Å². The molecule has 0 saturated carbocycles. The van der Waals surface area contributed by atoms with Crippen molar-refractivity contribution in [2.24, 2.45) is 11.8 Å². The fourth-order valence-electron chi connectivity index (χ4n) is 5.20. The van der Waals surface area contributed by atoms with Gasteiger partial charge in [-0.15, -0.1) is 0 Å². The normalized spacial score (nSPS) is 24.1. The second-order valence-electron chi connectivity index (χ2n) is 9.13. The van der Waals surface area contributed by atoms with Gasteiger partial charge in [-0.3, -0.25) is 19.3 Å². The van der Waals surface area contributed by atoms with Gasteiger partial charge in [0.05, 0.1) is 13.1 Å². The Morgan fingerprint density at radius 3 is 2.48 bits per heavy atom. The van der Waals surface area contributed by atoms with E-state index in [1.54, 1.807) is 0 Å². The number of rotatable bonds is 5. The molecule has 1 atom stereocenters. The Hall–Kier alpha value is -2.41. The largest absolute Gasteiger partial charge is 0.354 e. The summed E-state index contributed by atoms with van der Waals surface area (Å²) in [5.74, 6) is 0.823. The zero-order valence-electron chi connectivity index (χ0n) is 18.3. The van der Waals surface area contributed by atoms with Crippen LogP contribution in [0.5, 0.6) is 0 Å². The van der Waals surface area contributed by atoms with Crippen molar-refractivity contribution in [3.63, 3.8) is 0 Å². The van der Waals surface area contributed by atoms with Crippen LogP contribution in [0.4, 0.5) is 0 Å². The van der Waals surface area contributed by atoms with Crippen LogP contribution in [-0.2, 0) is 20.9 Å². The third-order valence-electron chi connectivity index (χ3n) is 6.98. The molecule has 3 heterocycles. The fourth-order valence-corrected chi connectivity index (χ4v) is 5.20. The van der Waals surface area contributed by atoms with Crippen LogP contribution in [0.3, 0.4) is 0 Å².